The first-order chi connectivity index (χ1) is 18.1. The molecular weight excluding hydrogens is 466 g/mol. The number of likely N-dealkylation sites (tertiary alicyclic amines) is 1. The van der Waals surface area contributed by atoms with Crippen molar-refractivity contribution in [3.63, 3.8) is 0 Å². The standard InChI is InChI=1S/C28H33N7O2/c29-26-25(28(37)33-22-11-14-35(18-22)23-9-12-30-13-10-23)34-24(17-31-26)20-7-4-8-21(15-20)27(36)32-16-19-5-2-1-3-6-19/h1-8,15,17,22-23,30H,9-14,16,18H2,(H2,29,31)(H,32,36)(H,33,37)/t22-/m0/s1. The van der Waals surface area contributed by atoms with Crippen molar-refractivity contribution in [2.75, 3.05) is 31.9 Å². The molecule has 192 valence electrons. The average molecular weight is 500 g/mol. The van der Waals surface area contributed by atoms with Crippen molar-refractivity contribution in [3.8, 4) is 11.3 Å². The molecule has 0 bridgehead atoms. The minimum Gasteiger partial charge on any atom is -0.382 e. The summed E-state index contributed by atoms with van der Waals surface area (Å²) < 4.78 is 0. The van der Waals surface area contributed by atoms with Gasteiger partial charge in [-0.1, -0.05) is 42.5 Å². The number of aromatic nitrogens is 2. The summed E-state index contributed by atoms with van der Waals surface area (Å²) in [4.78, 5) is 37.1. The minimum atomic E-state index is -0.319. The maximum atomic E-state index is 13.1. The Bertz CT molecular complexity index is 1240. The van der Waals surface area contributed by atoms with E-state index in [0.29, 0.717) is 29.4 Å². The third-order valence-corrected chi connectivity index (χ3v) is 7.11. The third kappa shape index (κ3) is 6.12. The summed E-state index contributed by atoms with van der Waals surface area (Å²) in [5.41, 5.74) is 8.85. The molecule has 0 radical (unpaired) electrons. The van der Waals surface area contributed by atoms with E-state index in [1.54, 1.807) is 18.2 Å². The number of nitrogens with two attached hydrogens (primary N) is 1. The van der Waals surface area contributed by atoms with Gasteiger partial charge in [0.15, 0.2) is 11.5 Å². The molecule has 1 atom stereocenters. The first kappa shape index (κ1) is 24.9. The lowest BCUT2D eigenvalue weighted by molar-refractivity contribution is 0.0927. The smallest absolute Gasteiger partial charge is 0.274 e. The molecule has 5 N–H and O–H groups in total. The number of piperidine rings is 1. The highest BCUT2D eigenvalue weighted by molar-refractivity contribution is 5.97. The van der Waals surface area contributed by atoms with E-state index in [2.05, 4.69) is 30.8 Å². The molecule has 9 heteroatoms. The van der Waals surface area contributed by atoms with Gasteiger partial charge in [-0.25, -0.2) is 9.97 Å². The zero-order valence-electron chi connectivity index (χ0n) is 20.8. The van der Waals surface area contributed by atoms with Gasteiger partial charge in [0.1, 0.15) is 0 Å². The maximum absolute atomic E-state index is 13.1. The molecule has 0 saturated carbocycles. The fraction of sp³-hybridized carbons (Fsp3) is 0.357. The summed E-state index contributed by atoms with van der Waals surface area (Å²) in [5, 5.41) is 9.44. The fourth-order valence-electron chi connectivity index (χ4n) is 5.07. The van der Waals surface area contributed by atoms with Crippen molar-refractivity contribution in [2.24, 2.45) is 0 Å². The molecule has 5 rings (SSSR count). The van der Waals surface area contributed by atoms with Gasteiger partial charge in [-0.05, 0) is 50.0 Å². The predicted molar refractivity (Wildman–Crippen MR) is 143 cm³/mol. The molecule has 0 spiro atoms. The first-order valence-corrected chi connectivity index (χ1v) is 12.9. The average Bonchev–Trinajstić information content (AvgIpc) is 3.41. The van der Waals surface area contributed by atoms with Gasteiger partial charge in [-0.2, -0.15) is 0 Å². The number of nitrogens with zero attached hydrogens (tertiary/aromatic N) is 3. The van der Waals surface area contributed by atoms with Crippen molar-refractivity contribution in [3.05, 3.63) is 77.6 Å². The fourth-order valence-corrected chi connectivity index (χ4v) is 5.07. The first-order valence-electron chi connectivity index (χ1n) is 12.9. The largest absolute Gasteiger partial charge is 0.382 e. The molecule has 2 saturated heterocycles. The Morgan fingerprint density at radius 1 is 1.03 bits per heavy atom. The highest BCUT2D eigenvalue weighted by Gasteiger charge is 2.30. The van der Waals surface area contributed by atoms with Gasteiger partial charge < -0.3 is 21.7 Å². The molecule has 2 fully saturated rings. The second-order valence-electron chi connectivity index (χ2n) is 9.67. The van der Waals surface area contributed by atoms with E-state index in [1.807, 2.05) is 36.4 Å². The Kier molecular flexibility index (Phi) is 7.72. The van der Waals surface area contributed by atoms with Crippen LogP contribution in [0.4, 0.5) is 5.82 Å². The molecule has 0 unspecified atom stereocenters. The Hall–Kier alpha value is -3.82. The molecule has 2 aromatic carbocycles. The van der Waals surface area contributed by atoms with Crippen molar-refractivity contribution in [2.45, 2.75) is 37.9 Å². The number of benzene rings is 2. The number of hydrogen-bond donors (Lipinski definition) is 4. The van der Waals surface area contributed by atoms with Gasteiger partial charge in [0.25, 0.3) is 11.8 Å². The van der Waals surface area contributed by atoms with Crippen LogP contribution in [0.5, 0.6) is 0 Å². The van der Waals surface area contributed by atoms with Crippen LogP contribution in [0.1, 0.15) is 45.7 Å². The van der Waals surface area contributed by atoms with Crippen LogP contribution < -0.4 is 21.7 Å². The van der Waals surface area contributed by atoms with Crippen LogP contribution in [0.25, 0.3) is 11.3 Å². The summed E-state index contributed by atoms with van der Waals surface area (Å²) >= 11 is 0. The molecule has 2 aliphatic rings. The molecule has 0 aliphatic carbocycles. The van der Waals surface area contributed by atoms with Gasteiger partial charge >= 0.3 is 0 Å². The van der Waals surface area contributed by atoms with Gasteiger partial charge in [-0.15, -0.1) is 0 Å². The summed E-state index contributed by atoms with van der Waals surface area (Å²) in [6.07, 6.45) is 4.72. The maximum Gasteiger partial charge on any atom is 0.274 e. The van der Waals surface area contributed by atoms with Crippen molar-refractivity contribution in [1.29, 1.82) is 0 Å². The number of nitrogen functional groups attached to an aromatic ring is 1. The lowest BCUT2D eigenvalue weighted by atomic mass is 10.1. The molecule has 37 heavy (non-hydrogen) atoms. The Morgan fingerprint density at radius 3 is 2.65 bits per heavy atom. The lowest BCUT2D eigenvalue weighted by Crippen LogP contribution is -2.44. The molecule has 3 aromatic rings. The van der Waals surface area contributed by atoms with E-state index in [9.17, 15) is 9.59 Å². The van der Waals surface area contributed by atoms with Crippen LogP contribution in [-0.2, 0) is 6.54 Å². The molecular formula is C28H33N7O2. The third-order valence-electron chi connectivity index (χ3n) is 7.11. The molecule has 2 amide bonds. The van der Waals surface area contributed by atoms with Crippen LogP contribution in [-0.4, -0.2) is 64.9 Å². The van der Waals surface area contributed by atoms with Crippen molar-refractivity contribution >= 4 is 17.6 Å². The monoisotopic (exact) mass is 499 g/mol. The topological polar surface area (TPSA) is 125 Å². The van der Waals surface area contributed by atoms with E-state index in [-0.39, 0.29) is 29.4 Å². The summed E-state index contributed by atoms with van der Waals surface area (Å²) in [7, 11) is 0. The number of amides is 2. The van der Waals surface area contributed by atoms with Gasteiger partial charge in [0, 0.05) is 42.8 Å². The van der Waals surface area contributed by atoms with E-state index in [0.717, 1.165) is 51.0 Å². The molecule has 2 aliphatic heterocycles. The second-order valence-corrected chi connectivity index (χ2v) is 9.67. The van der Waals surface area contributed by atoms with Crippen LogP contribution >= 0.6 is 0 Å². The highest BCUT2D eigenvalue weighted by atomic mass is 16.2. The highest BCUT2D eigenvalue weighted by Crippen LogP contribution is 2.22. The van der Waals surface area contributed by atoms with Crippen molar-refractivity contribution < 1.29 is 9.59 Å². The SMILES string of the molecule is Nc1ncc(-c2cccc(C(=O)NCc3ccccc3)c2)nc1C(=O)N[C@H]1CCN(C2CCNCC2)C1. The number of carbonyl (C=O) groups is 2. The molecule has 3 heterocycles. The summed E-state index contributed by atoms with van der Waals surface area (Å²) in [6.45, 7) is 4.35. The Morgan fingerprint density at radius 2 is 1.84 bits per heavy atom. The predicted octanol–water partition coefficient (Wildman–Crippen LogP) is 2.21. The van der Waals surface area contributed by atoms with Crippen LogP contribution in [0.2, 0.25) is 0 Å². The van der Waals surface area contributed by atoms with Gasteiger partial charge in [0.2, 0.25) is 0 Å². The van der Waals surface area contributed by atoms with Crippen LogP contribution in [0, 0.1) is 0 Å². The summed E-state index contributed by atoms with van der Waals surface area (Å²) in [6, 6.07) is 17.5. The van der Waals surface area contributed by atoms with Crippen molar-refractivity contribution in [1.82, 2.24) is 30.8 Å². The Labute approximate surface area is 216 Å². The van der Waals surface area contributed by atoms with E-state index in [4.69, 9.17) is 5.73 Å². The zero-order valence-corrected chi connectivity index (χ0v) is 20.8. The number of hydrogen-bond acceptors (Lipinski definition) is 7. The van der Waals surface area contributed by atoms with E-state index in [1.165, 1.54) is 6.20 Å². The number of rotatable bonds is 7. The van der Waals surface area contributed by atoms with Gasteiger partial charge in [0.05, 0.1) is 11.9 Å². The van der Waals surface area contributed by atoms with Gasteiger partial charge in [-0.3, -0.25) is 14.5 Å². The number of nitrogens with one attached hydrogen (secondary N) is 3. The van der Waals surface area contributed by atoms with E-state index >= 15 is 0 Å². The molecule has 1 aromatic heterocycles. The normalized spacial score (nSPS) is 18.4. The van der Waals surface area contributed by atoms with Crippen LogP contribution in [0.15, 0.2) is 60.8 Å². The van der Waals surface area contributed by atoms with E-state index < -0.39 is 0 Å². The van der Waals surface area contributed by atoms with Crippen LogP contribution in [0.3, 0.4) is 0 Å². The minimum absolute atomic E-state index is 0.0591. The summed E-state index contributed by atoms with van der Waals surface area (Å²) in [5.74, 6) is -0.418. The zero-order chi connectivity index (χ0) is 25.6. The number of carbonyl (C=O) groups excluding carboxylic acids is 2. The quantitative estimate of drug-likeness (QED) is 0.393. The second kappa shape index (κ2) is 11.5. The molecule has 9 nitrogen and oxygen atoms in total. The lowest BCUT2D eigenvalue weighted by Gasteiger charge is -2.31. The number of anilines is 1. The Balaban J connectivity index is 1.24.